The molecule has 0 saturated heterocycles. The summed E-state index contributed by atoms with van der Waals surface area (Å²) < 4.78 is 5.68. The maximum Gasteiger partial charge on any atom is 0.264 e. The van der Waals surface area contributed by atoms with Gasteiger partial charge in [0.1, 0.15) is 5.75 Å². The van der Waals surface area contributed by atoms with E-state index >= 15 is 0 Å². The highest BCUT2D eigenvalue weighted by Crippen LogP contribution is 2.27. The number of para-hydroxylation sites is 1. The van der Waals surface area contributed by atoms with Gasteiger partial charge in [0, 0.05) is 24.3 Å². The third-order valence-electron chi connectivity index (χ3n) is 4.94. The molecule has 2 amide bonds. The van der Waals surface area contributed by atoms with Crippen LogP contribution in [0.15, 0.2) is 78.9 Å². The van der Waals surface area contributed by atoms with Crippen LogP contribution in [0.1, 0.15) is 21.5 Å². The number of ether oxygens (including phenoxy) is 1. The maximum absolute atomic E-state index is 12.6. The summed E-state index contributed by atoms with van der Waals surface area (Å²) in [6, 6.07) is 24.5. The van der Waals surface area contributed by atoms with Crippen molar-refractivity contribution in [3.63, 3.8) is 0 Å². The topological polar surface area (TPSA) is 58.6 Å². The Balaban J connectivity index is 1.34. The van der Waals surface area contributed by atoms with E-state index in [0.717, 1.165) is 17.7 Å². The molecule has 0 spiro atoms. The predicted molar refractivity (Wildman–Crippen MR) is 112 cm³/mol. The predicted octanol–water partition coefficient (Wildman–Crippen LogP) is 3.58. The molecule has 1 N–H and O–H groups in total. The summed E-state index contributed by atoms with van der Waals surface area (Å²) in [4.78, 5) is 26.7. The molecule has 1 aliphatic rings. The first-order chi connectivity index (χ1) is 14.2. The Hall–Kier alpha value is -3.60. The molecule has 0 aliphatic carbocycles. The number of hydrogen-bond donors (Lipinski definition) is 1. The molecule has 1 heterocycles. The molecule has 0 unspecified atom stereocenters. The number of benzene rings is 3. The summed E-state index contributed by atoms with van der Waals surface area (Å²) in [5, 5.41) is 2.89. The normalized spacial score (nSPS) is 12.3. The van der Waals surface area contributed by atoms with Gasteiger partial charge in [0.05, 0.1) is 0 Å². The average Bonchev–Trinajstić information content (AvgIpc) is 3.21. The van der Waals surface area contributed by atoms with Crippen molar-refractivity contribution in [3.8, 4) is 5.75 Å². The molecule has 0 atom stereocenters. The molecule has 0 fully saturated rings. The number of nitrogens with zero attached hydrogens (tertiary/aromatic N) is 1. The number of nitrogens with one attached hydrogen (secondary N) is 1. The Labute approximate surface area is 169 Å². The Bertz CT molecular complexity index is 1020. The minimum absolute atomic E-state index is 0.0660. The van der Waals surface area contributed by atoms with Crippen molar-refractivity contribution in [1.82, 2.24) is 5.32 Å². The van der Waals surface area contributed by atoms with Crippen molar-refractivity contribution in [2.45, 2.75) is 13.0 Å². The molecule has 0 aromatic heterocycles. The fraction of sp³-hybridized carbons (Fsp3) is 0.167. The zero-order valence-corrected chi connectivity index (χ0v) is 16.0. The molecule has 29 heavy (non-hydrogen) atoms. The summed E-state index contributed by atoms with van der Waals surface area (Å²) in [7, 11) is 0. The smallest absolute Gasteiger partial charge is 0.264 e. The van der Waals surface area contributed by atoms with Gasteiger partial charge in [-0.1, -0.05) is 54.6 Å². The molecular formula is C24H22N2O3. The van der Waals surface area contributed by atoms with E-state index in [1.165, 1.54) is 5.56 Å². The van der Waals surface area contributed by atoms with Gasteiger partial charge in [0.15, 0.2) is 6.61 Å². The molecule has 0 bridgehead atoms. The average molecular weight is 386 g/mol. The standard InChI is InChI=1S/C24H22N2O3/c27-23(26-14-13-19-9-4-5-12-22(19)26)17-29-21-11-6-10-20(15-21)24(28)25-16-18-7-2-1-3-8-18/h1-12,15H,13-14,16-17H2,(H,25,28). The van der Waals surface area contributed by atoms with Crippen molar-refractivity contribution < 1.29 is 14.3 Å². The van der Waals surface area contributed by atoms with Crippen molar-refractivity contribution >= 4 is 17.5 Å². The summed E-state index contributed by atoms with van der Waals surface area (Å²) >= 11 is 0. The van der Waals surface area contributed by atoms with Crippen molar-refractivity contribution in [2.75, 3.05) is 18.1 Å². The number of anilines is 1. The maximum atomic E-state index is 12.6. The second-order valence-corrected chi connectivity index (χ2v) is 6.91. The molecule has 0 saturated carbocycles. The first-order valence-corrected chi connectivity index (χ1v) is 9.64. The number of carbonyl (C=O) groups is 2. The third kappa shape index (κ3) is 4.46. The molecular weight excluding hydrogens is 364 g/mol. The fourth-order valence-electron chi connectivity index (χ4n) is 3.43. The van der Waals surface area contributed by atoms with Gasteiger partial charge in [-0.25, -0.2) is 0 Å². The van der Waals surface area contributed by atoms with Crippen molar-refractivity contribution in [3.05, 3.63) is 95.6 Å². The molecule has 3 aromatic rings. The summed E-state index contributed by atoms with van der Waals surface area (Å²) in [5.74, 6) is 0.228. The SMILES string of the molecule is O=C(NCc1ccccc1)c1cccc(OCC(=O)N2CCc3ccccc32)c1. The first kappa shape index (κ1) is 18.7. The van der Waals surface area contributed by atoms with Crippen LogP contribution in [0.4, 0.5) is 5.69 Å². The van der Waals surface area contributed by atoms with Gasteiger partial charge in [0.25, 0.3) is 11.8 Å². The lowest BCUT2D eigenvalue weighted by Crippen LogP contribution is -2.33. The van der Waals surface area contributed by atoms with Gasteiger partial charge in [-0.3, -0.25) is 9.59 Å². The number of hydrogen-bond acceptors (Lipinski definition) is 3. The highest BCUT2D eigenvalue weighted by atomic mass is 16.5. The van der Waals surface area contributed by atoms with E-state index < -0.39 is 0 Å². The molecule has 0 radical (unpaired) electrons. The van der Waals surface area contributed by atoms with E-state index in [4.69, 9.17) is 4.74 Å². The number of carbonyl (C=O) groups excluding carboxylic acids is 2. The van der Waals surface area contributed by atoms with Crippen LogP contribution in [0, 0.1) is 0 Å². The van der Waals surface area contributed by atoms with Crippen LogP contribution in [0.3, 0.4) is 0 Å². The van der Waals surface area contributed by atoms with Crippen molar-refractivity contribution in [2.24, 2.45) is 0 Å². The quantitative estimate of drug-likeness (QED) is 0.704. The van der Waals surface area contributed by atoms with Gasteiger partial charge in [-0.2, -0.15) is 0 Å². The van der Waals surface area contributed by atoms with E-state index in [1.807, 2.05) is 54.6 Å². The van der Waals surface area contributed by atoms with Crippen LogP contribution in [-0.4, -0.2) is 25.0 Å². The Morgan fingerprint density at radius 1 is 0.931 bits per heavy atom. The third-order valence-corrected chi connectivity index (χ3v) is 4.94. The highest BCUT2D eigenvalue weighted by Gasteiger charge is 2.24. The molecule has 3 aromatic carbocycles. The lowest BCUT2D eigenvalue weighted by Gasteiger charge is -2.17. The zero-order chi connectivity index (χ0) is 20.1. The van der Waals surface area contributed by atoms with Gasteiger partial charge >= 0.3 is 0 Å². The zero-order valence-electron chi connectivity index (χ0n) is 16.0. The monoisotopic (exact) mass is 386 g/mol. The van der Waals surface area contributed by atoms with E-state index in [2.05, 4.69) is 5.32 Å². The highest BCUT2D eigenvalue weighted by molar-refractivity contribution is 5.96. The number of amides is 2. The van der Waals surface area contributed by atoms with Crippen LogP contribution >= 0.6 is 0 Å². The lowest BCUT2D eigenvalue weighted by atomic mass is 10.2. The van der Waals surface area contributed by atoms with Gasteiger partial charge < -0.3 is 15.0 Å². The Kier molecular flexibility index (Phi) is 5.56. The number of rotatable bonds is 6. The van der Waals surface area contributed by atoms with Crippen molar-refractivity contribution in [1.29, 1.82) is 0 Å². The largest absolute Gasteiger partial charge is 0.484 e. The van der Waals surface area contributed by atoms with E-state index in [9.17, 15) is 9.59 Å². The second-order valence-electron chi connectivity index (χ2n) is 6.91. The molecule has 5 nitrogen and oxygen atoms in total. The molecule has 5 heteroatoms. The lowest BCUT2D eigenvalue weighted by molar-refractivity contribution is -0.120. The van der Waals surface area contributed by atoms with Gasteiger partial charge in [0.2, 0.25) is 0 Å². The molecule has 4 rings (SSSR count). The van der Waals surface area contributed by atoms with Crippen LogP contribution in [0.25, 0.3) is 0 Å². The Morgan fingerprint density at radius 3 is 2.59 bits per heavy atom. The minimum Gasteiger partial charge on any atom is -0.484 e. The number of fused-ring (bicyclic) bond motifs is 1. The minimum atomic E-state index is -0.181. The van der Waals surface area contributed by atoms with E-state index in [0.29, 0.717) is 24.4 Å². The molecule has 146 valence electrons. The van der Waals surface area contributed by atoms with Crippen LogP contribution in [0.2, 0.25) is 0 Å². The fourth-order valence-corrected chi connectivity index (χ4v) is 3.43. The second kappa shape index (κ2) is 8.61. The van der Waals surface area contributed by atoms with Gasteiger partial charge in [-0.05, 0) is 41.8 Å². The first-order valence-electron chi connectivity index (χ1n) is 9.64. The van der Waals surface area contributed by atoms with Gasteiger partial charge in [-0.15, -0.1) is 0 Å². The summed E-state index contributed by atoms with van der Waals surface area (Å²) in [6.07, 6.45) is 0.860. The van der Waals surface area contributed by atoms with E-state index in [-0.39, 0.29) is 18.4 Å². The van der Waals surface area contributed by atoms with Crippen LogP contribution in [0.5, 0.6) is 5.75 Å². The summed E-state index contributed by atoms with van der Waals surface area (Å²) in [6.45, 7) is 1.06. The Morgan fingerprint density at radius 2 is 1.72 bits per heavy atom. The van der Waals surface area contributed by atoms with E-state index in [1.54, 1.807) is 29.2 Å². The molecule has 1 aliphatic heterocycles. The van der Waals surface area contributed by atoms with Crippen LogP contribution < -0.4 is 15.0 Å². The van der Waals surface area contributed by atoms with Crippen LogP contribution in [-0.2, 0) is 17.8 Å². The summed E-state index contributed by atoms with van der Waals surface area (Å²) in [5.41, 5.74) is 3.66.